The number of aryl methyl sites for hydroxylation is 1. The number of ether oxygens (including phenoxy) is 3. The standard InChI is InChI=1S/C20H22O5/c1-3-23-19-14-16(8-10-20(21)22)7-9-18(19)25-12-11-24-17-6-4-5-15(2)13-17/h4-10,13-14H,3,11-12H2,1-2H3,(H,21,22). The Bertz CT molecular complexity index is 737. The number of hydrogen-bond donors (Lipinski definition) is 1. The predicted molar refractivity (Wildman–Crippen MR) is 96.4 cm³/mol. The number of aliphatic carboxylic acids is 1. The molecule has 2 aromatic rings. The van der Waals surface area contributed by atoms with Gasteiger partial charge in [0.2, 0.25) is 0 Å². The first-order chi connectivity index (χ1) is 12.1. The fourth-order valence-corrected chi connectivity index (χ4v) is 2.20. The number of benzene rings is 2. The van der Waals surface area contributed by atoms with Crippen molar-refractivity contribution in [2.75, 3.05) is 19.8 Å². The lowest BCUT2D eigenvalue weighted by Crippen LogP contribution is -2.10. The molecule has 0 aromatic heterocycles. The van der Waals surface area contributed by atoms with Crippen LogP contribution in [-0.2, 0) is 4.79 Å². The van der Waals surface area contributed by atoms with E-state index >= 15 is 0 Å². The Hall–Kier alpha value is -2.95. The number of carboxylic acid groups (broad SMARTS) is 1. The minimum atomic E-state index is -0.994. The fraction of sp³-hybridized carbons (Fsp3) is 0.250. The second kappa shape index (κ2) is 9.37. The second-order valence-electron chi connectivity index (χ2n) is 5.32. The van der Waals surface area contributed by atoms with E-state index in [0.717, 1.165) is 23.0 Å². The molecule has 25 heavy (non-hydrogen) atoms. The Labute approximate surface area is 147 Å². The van der Waals surface area contributed by atoms with Crippen molar-refractivity contribution in [1.82, 2.24) is 0 Å². The van der Waals surface area contributed by atoms with Crippen LogP contribution >= 0.6 is 0 Å². The van der Waals surface area contributed by atoms with Crippen molar-refractivity contribution in [2.45, 2.75) is 13.8 Å². The summed E-state index contributed by atoms with van der Waals surface area (Å²) < 4.78 is 17.0. The lowest BCUT2D eigenvalue weighted by Gasteiger charge is -2.13. The smallest absolute Gasteiger partial charge is 0.328 e. The van der Waals surface area contributed by atoms with Crippen LogP contribution in [0.2, 0.25) is 0 Å². The number of carbonyl (C=O) groups is 1. The highest BCUT2D eigenvalue weighted by molar-refractivity contribution is 5.85. The third kappa shape index (κ3) is 6.22. The zero-order chi connectivity index (χ0) is 18.1. The van der Waals surface area contributed by atoms with Gasteiger partial charge >= 0.3 is 5.97 Å². The van der Waals surface area contributed by atoms with Gasteiger partial charge in [-0.15, -0.1) is 0 Å². The monoisotopic (exact) mass is 342 g/mol. The molecule has 0 amide bonds. The van der Waals surface area contributed by atoms with Gasteiger partial charge in [-0.3, -0.25) is 0 Å². The van der Waals surface area contributed by atoms with E-state index < -0.39 is 5.97 Å². The second-order valence-corrected chi connectivity index (χ2v) is 5.32. The molecule has 5 heteroatoms. The van der Waals surface area contributed by atoms with Gasteiger partial charge in [0.25, 0.3) is 0 Å². The molecule has 0 radical (unpaired) electrons. The molecular formula is C20H22O5. The first-order valence-electron chi connectivity index (χ1n) is 8.08. The van der Waals surface area contributed by atoms with Crippen LogP contribution in [0.1, 0.15) is 18.1 Å². The molecule has 0 saturated heterocycles. The average molecular weight is 342 g/mol. The summed E-state index contributed by atoms with van der Waals surface area (Å²) in [5, 5.41) is 8.70. The van der Waals surface area contributed by atoms with Crippen molar-refractivity contribution < 1.29 is 24.1 Å². The van der Waals surface area contributed by atoms with Crippen molar-refractivity contribution in [3.05, 3.63) is 59.7 Å². The molecule has 5 nitrogen and oxygen atoms in total. The summed E-state index contributed by atoms with van der Waals surface area (Å²) in [5.41, 5.74) is 1.87. The molecule has 0 fully saturated rings. The summed E-state index contributed by atoms with van der Waals surface area (Å²) in [6.07, 6.45) is 2.59. The van der Waals surface area contributed by atoms with Gasteiger partial charge in [0, 0.05) is 6.08 Å². The maximum atomic E-state index is 10.6. The third-order valence-electron chi connectivity index (χ3n) is 3.29. The van der Waals surface area contributed by atoms with Gasteiger partial charge in [0.05, 0.1) is 6.61 Å². The van der Waals surface area contributed by atoms with Crippen LogP contribution in [0.15, 0.2) is 48.5 Å². The molecule has 0 unspecified atom stereocenters. The Morgan fingerprint density at radius 1 is 1.04 bits per heavy atom. The molecule has 0 bridgehead atoms. The summed E-state index contributed by atoms with van der Waals surface area (Å²) in [7, 11) is 0. The van der Waals surface area contributed by atoms with Gasteiger partial charge < -0.3 is 19.3 Å². The quantitative estimate of drug-likeness (QED) is 0.552. The average Bonchev–Trinajstić information content (AvgIpc) is 2.58. The number of carboxylic acids is 1. The van der Waals surface area contributed by atoms with E-state index in [4.69, 9.17) is 19.3 Å². The summed E-state index contributed by atoms with van der Waals surface area (Å²) in [4.78, 5) is 10.6. The molecule has 1 N–H and O–H groups in total. The minimum absolute atomic E-state index is 0.373. The van der Waals surface area contributed by atoms with Gasteiger partial charge in [0.1, 0.15) is 19.0 Å². The summed E-state index contributed by atoms with van der Waals surface area (Å²) in [6.45, 7) is 5.17. The van der Waals surface area contributed by atoms with Crippen molar-refractivity contribution in [2.24, 2.45) is 0 Å². The summed E-state index contributed by atoms with van der Waals surface area (Å²) in [6, 6.07) is 13.1. The lowest BCUT2D eigenvalue weighted by atomic mass is 10.2. The Morgan fingerprint density at radius 2 is 1.84 bits per heavy atom. The van der Waals surface area contributed by atoms with E-state index in [9.17, 15) is 4.79 Å². The summed E-state index contributed by atoms with van der Waals surface area (Å²) in [5.74, 6) is 0.988. The van der Waals surface area contributed by atoms with Crippen LogP contribution in [0.5, 0.6) is 17.2 Å². The van der Waals surface area contributed by atoms with Crippen LogP contribution in [0.4, 0.5) is 0 Å². The molecule has 2 aromatic carbocycles. The zero-order valence-corrected chi connectivity index (χ0v) is 14.4. The van der Waals surface area contributed by atoms with Gasteiger partial charge in [-0.2, -0.15) is 0 Å². The Morgan fingerprint density at radius 3 is 2.56 bits per heavy atom. The highest BCUT2D eigenvalue weighted by Gasteiger charge is 2.06. The molecule has 132 valence electrons. The Kier molecular flexibility index (Phi) is 6.89. The molecule has 0 atom stereocenters. The topological polar surface area (TPSA) is 65.0 Å². The van der Waals surface area contributed by atoms with E-state index in [2.05, 4.69) is 0 Å². The van der Waals surface area contributed by atoms with Crippen molar-refractivity contribution in [3.8, 4) is 17.2 Å². The highest BCUT2D eigenvalue weighted by Crippen LogP contribution is 2.29. The SMILES string of the molecule is CCOc1cc(C=CC(=O)O)ccc1OCCOc1cccc(C)c1. The van der Waals surface area contributed by atoms with E-state index in [-0.39, 0.29) is 0 Å². The largest absolute Gasteiger partial charge is 0.490 e. The molecule has 0 aliphatic rings. The molecule has 0 aliphatic heterocycles. The first kappa shape index (κ1) is 18.4. The Balaban J connectivity index is 1.94. The maximum Gasteiger partial charge on any atom is 0.328 e. The lowest BCUT2D eigenvalue weighted by molar-refractivity contribution is -0.131. The van der Waals surface area contributed by atoms with E-state index in [0.29, 0.717) is 31.3 Å². The van der Waals surface area contributed by atoms with Crippen molar-refractivity contribution >= 4 is 12.0 Å². The normalized spacial score (nSPS) is 10.6. The molecule has 0 aliphatic carbocycles. The molecule has 0 saturated carbocycles. The fourth-order valence-electron chi connectivity index (χ4n) is 2.20. The van der Waals surface area contributed by atoms with Crippen LogP contribution in [0.25, 0.3) is 6.08 Å². The minimum Gasteiger partial charge on any atom is -0.490 e. The highest BCUT2D eigenvalue weighted by atomic mass is 16.5. The van der Waals surface area contributed by atoms with Crippen molar-refractivity contribution in [3.63, 3.8) is 0 Å². The number of rotatable bonds is 9. The summed E-state index contributed by atoms with van der Waals surface area (Å²) >= 11 is 0. The number of hydrogen-bond acceptors (Lipinski definition) is 4. The van der Waals surface area contributed by atoms with Crippen LogP contribution in [-0.4, -0.2) is 30.9 Å². The van der Waals surface area contributed by atoms with E-state index in [1.54, 1.807) is 18.2 Å². The predicted octanol–water partition coefficient (Wildman–Crippen LogP) is 3.95. The third-order valence-corrected chi connectivity index (χ3v) is 3.29. The van der Waals surface area contributed by atoms with E-state index in [1.165, 1.54) is 6.08 Å². The van der Waals surface area contributed by atoms with Crippen LogP contribution in [0, 0.1) is 6.92 Å². The molecule has 0 heterocycles. The van der Waals surface area contributed by atoms with Crippen molar-refractivity contribution in [1.29, 1.82) is 0 Å². The van der Waals surface area contributed by atoms with Gasteiger partial charge in [-0.25, -0.2) is 4.79 Å². The van der Waals surface area contributed by atoms with Gasteiger partial charge in [-0.05, 0) is 55.3 Å². The van der Waals surface area contributed by atoms with E-state index in [1.807, 2.05) is 38.1 Å². The molecular weight excluding hydrogens is 320 g/mol. The maximum absolute atomic E-state index is 10.6. The molecule has 2 rings (SSSR count). The van der Waals surface area contributed by atoms with Crippen LogP contribution in [0.3, 0.4) is 0 Å². The van der Waals surface area contributed by atoms with Gasteiger partial charge in [0.15, 0.2) is 11.5 Å². The molecule has 0 spiro atoms. The van der Waals surface area contributed by atoms with Crippen LogP contribution < -0.4 is 14.2 Å². The van der Waals surface area contributed by atoms with Gasteiger partial charge in [-0.1, -0.05) is 18.2 Å². The first-order valence-corrected chi connectivity index (χ1v) is 8.08. The zero-order valence-electron chi connectivity index (χ0n) is 14.4.